The van der Waals surface area contributed by atoms with Gasteiger partial charge in [0.15, 0.2) is 11.5 Å². The fourth-order valence-electron chi connectivity index (χ4n) is 2.00. The third kappa shape index (κ3) is 1.59. The molecule has 0 amide bonds. The van der Waals surface area contributed by atoms with Gasteiger partial charge in [0.05, 0.1) is 0 Å². The van der Waals surface area contributed by atoms with Gasteiger partial charge in [0.2, 0.25) is 0 Å². The quantitative estimate of drug-likeness (QED) is 0.856. The first kappa shape index (κ1) is 9.78. The molecule has 2 N–H and O–H groups in total. The number of aryl methyl sites for hydroxylation is 1. The van der Waals surface area contributed by atoms with Gasteiger partial charge in [-0.1, -0.05) is 0 Å². The third-order valence-corrected chi connectivity index (χ3v) is 3.34. The van der Waals surface area contributed by atoms with E-state index < -0.39 is 0 Å². The minimum atomic E-state index is -0.275. The second-order valence-electron chi connectivity index (χ2n) is 4.66. The Balaban J connectivity index is 1.89. The summed E-state index contributed by atoms with van der Waals surface area (Å²) in [6.45, 7) is 0. The van der Waals surface area contributed by atoms with Crippen molar-refractivity contribution in [3.63, 3.8) is 0 Å². The Morgan fingerprint density at radius 2 is 2.31 bits per heavy atom. The van der Waals surface area contributed by atoms with E-state index in [-0.39, 0.29) is 11.4 Å². The predicted molar refractivity (Wildman–Crippen MR) is 59.6 cm³/mol. The first-order chi connectivity index (χ1) is 7.68. The average molecular weight is 219 g/mol. The lowest BCUT2D eigenvalue weighted by Gasteiger charge is -2.07. The molecule has 0 unspecified atom stereocenters. The number of hydrogen-bond donors (Lipinski definition) is 1. The molecule has 2 aromatic rings. The zero-order chi connectivity index (χ0) is 11.2. The molecule has 4 heteroatoms. The van der Waals surface area contributed by atoms with Gasteiger partial charge in [-0.15, -0.1) is 0 Å². The van der Waals surface area contributed by atoms with Crippen molar-refractivity contribution >= 4 is 5.65 Å². The molecule has 0 aromatic carbocycles. The van der Waals surface area contributed by atoms with Crippen molar-refractivity contribution in [3.05, 3.63) is 36.0 Å². The number of rotatable bonds is 3. The molecular weight excluding hydrogens is 205 g/mol. The molecular formula is C12H14FN3. The fourth-order valence-corrected chi connectivity index (χ4v) is 2.00. The summed E-state index contributed by atoms with van der Waals surface area (Å²) in [7, 11) is 0. The molecule has 3 nitrogen and oxygen atoms in total. The highest BCUT2D eigenvalue weighted by atomic mass is 19.1. The second-order valence-corrected chi connectivity index (χ2v) is 4.66. The molecule has 1 aliphatic carbocycles. The number of pyridine rings is 1. The molecule has 1 saturated carbocycles. The lowest BCUT2D eigenvalue weighted by atomic mass is 10.1. The Morgan fingerprint density at radius 1 is 1.50 bits per heavy atom. The SMILES string of the molecule is NC1(CCc2cnc3c(F)cccn23)CC1. The molecule has 1 aliphatic rings. The van der Waals surface area contributed by atoms with Gasteiger partial charge in [-0.3, -0.25) is 0 Å². The molecule has 2 heterocycles. The molecule has 0 radical (unpaired) electrons. The van der Waals surface area contributed by atoms with Crippen molar-refractivity contribution in [2.75, 3.05) is 0 Å². The second kappa shape index (κ2) is 3.28. The van der Waals surface area contributed by atoms with Gasteiger partial charge in [0.1, 0.15) is 0 Å². The Bertz CT molecular complexity index is 528. The molecule has 0 atom stereocenters. The number of hydrogen-bond acceptors (Lipinski definition) is 2. The summed E-state index contributed by atoms with van der Waals surface area (Å²) in [5.41, 5.74) is 7.51. The van der Waals surface area contributed by atoms with E-state index in [4.69, 9.17) is 5.73 Å². The van der Waals surface area contributed by atoms with Crippen molar-refractivity contribution in [2.24, 2.45) is 5.73 Å². The van der Waals surface area contributed by atoms with Crippen LogP contribution in [0.25, 0.3) is 5.65 Å². The summed E-state index contributed by atoms with van der Waals surface area (Å²) in [4.78, 5) is 4.09. The minimum absolute atomic E-state index is 0.0392. The van der Waals surface area contributed by atoms with E-state index in [0.29, 0.717) is 5.65 Å². The first-order valence-corrected chi connectivity index (χ1v) is 5.57. The van der Waals surface area contributed by atoms with Crippen LogP contribution in [-0.4, -0.2) is 14.9 Å². The van der Waals surface area contributed by atoms with Crippen LogP contribution in [0.2, 0.25) is 0 Å². The molecule has 16 heavy (non-hydrogen) atoms. The van der Waals surface area contributed by atoms with Gasteiger partial charge in [0.25, 0.3) is 0 Å². The molecule has 3 rings (SSSR count). The summed E-state index contributed by atoms with van der Waals surface area (Å²) in [5.74, 6) is -0.275. The summed E-state index contributed by atoms with van der Waals surface area (Å²) in [6, 6.07) is 3.13. The van der Waals surface area contributed by atoms with Crippen LogP contribution in [0.5, 0.6) is 0 Å². The minimum Gasteiger partial charge on any atom is -0.325 e. The lowest BCUT2D eigenvalue weighted by molar-refractivity contribution is 0.599. The van der Waals surface area contributed by atoms with E-state index in [9.17, 15) is 4.39 Å². The molecule has 2 aromatic heterocycles. The van der Waals surface area contributed by atoms with E-state index in [0.717, 1.165) is 31.4 Å². The third-order valence-electron chi connectivity index (χ3n) is 3.34. The summed E-state index contributed by atoms with van der Waals surface area (Å²) >= 11 is 0. The van der Waals surface area contributed by atoms with E-state index in [1.165, 1.54) is 6.07 Å². The van der Waals surface area contributed by atoms with Crippen molar-refractivity contribution < 1.29 is 4.39 Å². The number of fused-ring (bicyclic) bond motifs is 1. The van der Waals surface area contributed by atoms with Crippen molar-refractivity contribution in [1.82, 2.24) is 9.38 Å². The molecule has 1 fully saturated rings. The first-order valence-electron chi connectivity index (χ1n) is 5.57. The Labute approximate surface area is 93.1 Å². The zero-order valence-electron chi connectivity index (χ0n) is 8.99. The number of halogens is 1. The normalized spacial score (nSPS) is 17.9. The van der Waals surface area contributed by atoms with Crippen molar-refractivity contribution in [1.29, 1.82) is 0 Å². The number of aromatic nitrogens is 2. The highest BCUT2D eigenvalue weighted by Gasteiger charge is 2.37. The summed E-state index contributed by atoms with van der Waals surface area (Å²) < 4.78 is 15.2. The number of nitrogens with zero attached hydrogens (tertiary/aromatic N) is 2. The van der Waals surface area contributed by atoms with Crippen LogP contribution in [0.15, 0.2) is 24.5 Å². The van der Waals surface area contributed by atoms with Gasteiger partial charge < -0.3 is 10.1 Å². The standard InChI is InChI=1S/C12H14FN3/c13-10-2-1-7-16-9(8-15-11(10)16)3-4-12(14)5-6-12/h1-2,7-8H,3-6,14H2. The Morgan fingerprint density at radius 3 is 3.06 bits per heavy atom. The van der Waals surface area contributed by atoms with Gasteiger partial charge in [-0.05, 0) is 37.8 Å². The number of nitrogens with two attached hydrogens (primary N) is 1. The smallest absolute Gasteiger partial charge is 0.173 e. The van der Waals surface area contributed by atoms with Gasteiger partial charge in [-0.2, -0.15) is 0 Å². The average Bonchev–Trinajstić information content (AvgIpc) is 2.86. The Hall–Kier alpha value is -1.42. The molecule has 84 valence electrons. The molecule has 0 bridgehead atoms. The van der Waals surface area contributed by atoms with E-state index in [1.54, 1.807) is 16.7 Å². The summed E-state index contributed by atoms with van der Waals surface area (Å²) in [5, 5.41) is 0. The fraction of sp³-hybridized carbons (Fsp3) is 0.417. The zero-order valence-corrected chi connectivity index (χ0v) is 8.99. The maximum absolute atomic E-state index is 13.4. The highest BCUT2D eigenvalue weighted by molar-refractivity contribution is 5.41. The van der Waals surface area contributed by atoms with Crippen molar-refractivity contribution in [2.45, 2.75) is 31.2 Å². The van der Waals surface area contributed by atoms with Crippen LogP contribution in [0.1, 0.15) is 25.0 Å². The van der Waals surface area contributed by atoms with E-state index in [2.05, 4.69) is 4.98 Å². The largest absolute Gasteiger partial charge is 0.325 e. The van der Waals surface area contributed by atoms with Gasteiger partial charge in [-0.25, -0.2) is 9.37 Å². The van der Waals surface area contributed by atoms with Gasteiger partial charge >= 0.3 is 0 Å². The van der Waals surface area contributed by atoms with Gasteiger partial charge in [0, 0.05) is 23.6 Å². The van der Waals surface area contributed by atoms with Crippen LogP contribution in [0, 0.1) is 5.82 Å². The topological polar surface area (TPSA) is 43.3 Å². The van der Waals surface area contributed by atoms with Crippen LogP contribution in [-0.2, 0) is 6.42 Å². The van der Waals surface area contributed by atoms with E-state index >= 15 is 0 Å². The maximum Gasteiger partial charge on any atom is 0.173 e. The van der Waals surface area contributed by atoms with Crippen LogP contribution >= 0.6 is 0 Å². The molecule has 0 aliphatic heterocycles. The molecule has 0 spiro atoms. The monoisotopic (exact) mass is 219 g/mol. The lowest BCUT2D eigenvalue weighted by Crippen LogP contribution is -2.22. The van der Waals surface area contributed by atoms with Crippen molar-refractivity contribution in [3.8, 4) is 0 Å². The predicted octanol–water partition coefficient (Wildman–Crippen LogP) is 1.90. The molecule has 0 saturated heterocycles. The number of imidazole rings is 1. The Kier molecular flexibility index (Phi) is 2.01. The van der Waals surface area contributed by atoms with Crippen LogP contribution < -0.4 is 5.73 Å². The summed E-state index contributed by atoms with van der Waals surface area (Å²) in [6.07, 6.45) is 7.62. The van der Waals surface area contributed by atoms with E-state index in [1.807, 2.05) is 6.20 Å². The van der Waals surface area contributed by atoms with Crippen LogP contribution in [0.3, 0.4) is 0 Å². The highest BCUT2D eigenvalue weighted by Crippen LogP contribution is 2.36. The maximum atomic E-state index is 13.4. The van der Waals surface area contributed by atoms with Crippen LogP contribution in [0.4, 0.5) is 4.39 Å².